The Hall–Kier alpha value is -0.340. The summed E-state index contributed by atoms with van der Waals surface area (Å²) in [5, 5.41) is 2.00. The van der Waals surface area contributed by atoms with Gasteiger partial charge in [0.05, 0.1) is 23.6 Å². The maximum absolute atomic E-state index is 5.50. The summed E-state index contributed by atoms with van der Waals surface area (Å²) in [5.74, 6) is 5.50. The second-order valence-corrected chi connectivity index (χ2v) is 4.92. The predicted octanol–water partition coefficient (Wildman–Crippen LogP) is 1.91. The van der Waals surface area contributed by atoms with Gasteiger partial charge in [-0.25, -0.2) is 5.43 Å². The van der Waals surface area contributed by atoms with E-state index in [1.165, 1.54) is 11.7 Å². The molecule has 0 aromatic carbocycles. The number of hydrazine groups is 1. The lowest BCUT2D eigenvalue weighted by molar-refractivity contribution is 0.633. The van der Waals surface area contributed by atoms with Gasteiger partial charge >= 0.3 is 0 Å². The smallest absolute Gasteiger partial charge is 0.101 e. The maximum Gasteiger partial charge on any atom is 0.101 e. The van der Waals surface area contributed by atoms with Crippen LogP contribution in [0.1, 0.15) is 16.6 Å². The second kappa shape index (κ2) is 4.45. The Bertz CT molecular complexity index is 399. The van der Waals surface area contributed by atoms with Gasteiger partial charge in [-0.15, -0.1) is 11.3 Å². The van der Waals surface area contributed by atoms with Gasteiger partial charge in [0.25, 0.3) is 0 Å². The van der Waals surface area contributed by atoms with E-state index in [1.807, 2.05) is 11.4 Å². The van der Waals surface area contributed by atoms with Crippen LogP contribution in [-0.2, 0) is 0 Å². The van der Waals surface area contributed by atoms with Crippen LogP contribution in [0.2, 0.25) is 0 Å². The third kappa shape index (κ3) is 1.86. The van der Waals surface area contributed by atoms with Crippen molar-refractivity contribution in [2.24, 2.45) is 5.84 Å². The minimum atomic E-state index is -0.0804. The van der Waals surface area contributed by atoms with Gasteiger partial charge in [-0.1, -0.05) is 0 Å². The lowest BCUT2D eigenvalue weighted by Gasteiger charge is -2.11. The first kappa shape index (κ1) is 10.2. The molecule has 0 spiro atoms. The van der Waals surface area contributed by atoms with Crippen LogP contribution in [0.15, 0.2) is 22.1 Å². The van der Waals surface area contributed by atoms with Crippen molar-refractivity contribution in [1.82, 2.24) is 14.2 Å². The van der Waals surface area contributed by atoms with Crippen LogP contribution in [0.3, 0.4) is 0 Å². The molecule has 2 aromatic heterocycles. The van der Waals surface area contributed by atoms with Crippen molar-refractivity contribution in [3.63, 3.8) is 0 Å². The van der Waals surface area contributed by atoms with Crippen molar-refractivity contribution < 1.29 is 0 Å². The molecule has 7 heteroatoms. The van der Waals surface area contributed by atoms with Gasteiger partial charge in [-0.3, -0.25) is 5.84 Å². The number of hydrogen-bond donors (Lipinski definition) is 2. The quantitative estimate of drug-likeness (QED) is 0.670. The van der Waals surface area contributed by atoms with Crippen molar-refractivity contribution in [3.05, 3.63) is 32.7 Å². The van der Waals surface area contributed by atoms with Crippen LogP contribution in [-0.4, -0.2) is 8.75 Å². The molecule has 0 saturated heterocycles. The molecule has 0 amide bonds. The molecule has 0 saturated carbocycles. The van der Waals surface area contributed by atoms with Crippen molar-refractivity contribution in [2.75, 3.05) is 0 Å². The number of nitrogens with one attached hydrogen (secondary N) is 1. The normalized spacial score (nSPS) is 13.0. The highest BCUT2D eigenvalue weighted by molar-refractivity contribution is 9.10. The zero-order chi connectivity index (χ0) is 9.97. The zero-order valence-corrected chi connectivity index (χ0v) is 10.2. The molecule has 0 bridgehead atoms. The average molecular weight is 291 g/mol. The molecular weight excluding hydrogens is 284 g/mol. The molecule has 2 heterocycles. The van der Waals surface area contributed by atoms with Crippen molar-refractivity contribution >= 4 is 39.0 Å². The van der Waals surface area contributed by atoms with Gasteiger partial charge in [0, 0.05) is 9.35 Å². The van der Waals surface area contributed by atoms with E-state index in [9.17, 15) is 0 Å². The largest absolute Gasteiger partial charge is 0.270 e. The lowest BCUT2D eigenvalue weighted by Crippen LogP contribution is -2.28. The number of hydrogen-bond acceptors (Lipinski definition) is 6. The van der Waals surface area contributed by atoms with E-state index in [0.717, 1.165) is 15.0 Å². The first-order valence-corrected chi connectivity index (χ1v) is 6.19. The molecule has 2 aromatic rings. The molecule has 14 heavy (non-hydrogen) atoms. The van der Waals surface area contributed by atoms with Crippen molar-refractivity contribution in [3.8, 4) is 0 Å². The Morgan fingerprint density at radius 1 is 1.57 bits per heavy atom. The highest BCUT2D eigenvalue weighted by Crippen LogP contribution is 2.31. The van der Waals surface area contributed by atoms with Gasteiger partial charge in [0.1, 0.15) is 6.04 Å². The average Bonchev–Trinajstić information content (AvgIpc) is 2.80. The fraction of sp³-hybridized carbons (Fsp3) is 0.143. The number of rotatable bonds is 3. The van der Waals surface area contributed by atoms with E-state index in [-0.39, 0.29) is 6.04 Å². The SMILES string of the molecule is NNC(c1cnsn1)c1sccc1Br. The minimum Gasteiger partial charge on any atom is -0.270 e. The van der Waals surface area contributed by atoms with E-state index in [1.54, 1.807) is 17.5 Å². The summed E-state index contributed by atoms with van der Waals surface area (Å²) in [7, 11) is 0. The lowest BCUT2D eigenvalue weighted by atomic mass is 10.2. The Morgan fingerprint density at radius 2 is 2.43 bits per heavy atom. The summed E-state index contributed by atoms with van der Waals surface area (Å²) < 4.78 is 9.15. The van der Waals surface area contributed by atoms with E-state index in [2.05, 4.69) is 30.1 Å². The summed E-state index contributed by atoms with van der Waals surface area (Å²) >= 11 is 6.27. The summed E-state index contributed by atoms with van der Waals surface area (Å²) in [6.07, 6.45) is 1.72. The molecule has 4 nitrogen and oxygen atoms in total. The summed E-state index contributed by atoms with van der Waals surface area (Å²) in [6, 6.07) is 1.91. The fourth-order valence-corrected chi connectivity index (χ4v) is 3.23. The van der Waals surface area contributed by atoms with Gasteiger partial charge in [-0.2, -0.15) is 8.75 Å². The molecular formula is C7H7BrN4S2. The summed E-state index contributed by atoms with van der Waals surface area (Å²) in [4.78, 5) is 1.11. The fourth-order valence-electron chi connectivity index (χ4n) is 1.11. The molecule has 74 valence electrons. The minimum absolute atomic E-state index is 0.0804. The maximum atomic E-state index is 5.50. The van der Waals surface area contributed by atoms with Gasteiger partial charge in [0.2, 0.25) is 0 Å². The molecule has 0 radical (unpaired) electrons. The van der Waals surface area contributed by atoms with Crippen molar-refractivity contribution in [2.45, 2.75) is 6.04 Å². The standard InChI is InChI=1S/C7H7BrN4S2/c8-4-1-2-13-7(4)6(11-9)5-3-10-14-12-5/h1-3,6,11H,9H2. The molecule has 1 atom stereocenters. The molecule has 0 aliphatic carbocycles. The van der Waals surface area contributed by atoms with E-state index < -0.39 is 0 Å². The molecule has 0 aliphatic heterocycles. The highest BCUT2D eigenvalue weighted by Gasteiger charge is 2.18. The second-order valence-electron chi connectivity index (χ2n) is 2.56. The topological polar surface area (TPSA) is 63.8 Å². The molecule has 0 aliphatic rings. The Labute approximate surface area is 97.6 Å². The monoisotopic (exact) mass is 290 g/mol. The number of thiophene rings is 1. The molecule has 2 rings (SSSR count). The van der Waals surface area contributed by atoms with Crippen LogP contribution in [0.5, 0.6) is 0 Å². The van der Waals surface area contributed by atoms with Crippen LogP contribution in [0.4, 0.5) is 0 Å². The number of aromatic nitrogens is 2. The van der Waals surface area contributed by atoms with Gasteiger partial charge < -0.3 is 0 Å². The van der Waals surface area contributed by atoms with Crippen LogP contribution in [0, 0.1) is 0 Å². The van der Waals surface area contributed by atoms with E-state index >= 15 is 0 Å². The zero-order valence-electron chi connectivity index (χ0n) is 6.98. The Balaban J connectivity index is 2.36. The Kier molecular flexibility index (Phi) is 3.24. The summed E-state index contributed by atoms with van der Waals surface area (Å²) in [5.41, 5.74) is 3.58. The summed E-state index contributed by atoms with van der Waals surface area (Å²) in [6.45, 7) is 0. The number of nitrogens with zero attached hydrogens (tertiary/aromatic N) is 2. The molecule has 0 fully saturated rings. The first-order chi connectivity index (χ1) is 6.83. The number of halogens is 1. The number of nitrogens with two attached hydrogens (primary N) is 1. The molecule has 1 unspecified atom stereocenters. The van der Waals surface area contributed by atoms with Gasteiger partial charge in [-0.05, 0) is 27.4 Å². The van der Waals surface area contributed by atoms with E-state index in [0.29, 0.717) is 0 Å². The molecule has 3 N–H and O–H groups in total. The Morgan fingerprint density at radius 3 is 2.93 bits per heavy atom. The highest BCUT2D eigenvalue weighted by atomic mass is 79.9. The van der Waals surface area contributed by atoms with Crippen LogP contribution < -0.4 is 11.3 Å². The third-order valence-electron chi connectivity index (χ3n) is 1.75. The predicted molar refractivity (Wildman–Crippen MR) is 61.1 cm³/mol. The first-order valence-electron chi connectivity index (χ1n) is 3.79. The van der Waals surface area contributed by atoms with Gasteiger partial charge in [0.15, 0.2) is 0 Å². The third-order valence-corrected chi connectivity index (χ3v) is 4.18. The van der Waals surface area contributed by atoms with Crippen molar-refractivity contribution in [1.29, 1.82) is 0 Å². The van der Waals surface area contributed by atoms with Crippen LogP contribution >= 0.6 is 39.0 Å². The van der Waals surface area contributed by atoms with E-state index in [4.69, 9.17) is 5.84 Å². The van der Waals surface area contributed by atoms with Crippen LogP contribution in [0.25, 0.3) is 0 Å².